The lowest BCUT2D eigenvalue weighted by molar-refractivity contribution is -0.174. The van der Waals surface area contributed by atoms with Gasteiger partial charge in [0.15, 0.2) is 5.79 Å². The van der Waals surface area contributed by atoms with Gasteiger partial charge >= 0.3 is 0 Å². The summed E-state index contributed by atoms with van der Waals surface area (Å²) in [6, 6.07) is 9.44. The normalized spacial score (nSPS) is 20.3. The number of hydrogen-bond acceptors (Lipinski definition) is 5. The van der Waals surface area contributed by atoms with Crippen LogP contribution in [-0.4, -0.2) is 28.6 Å². The second-order valence-corrected chi connectivity index (χ2v) is 4.24. The van der Waals surface area contributed by atoms with Crippen LogP contribution in [0, 0.1) is 0 Å². The number of ether oxygens (including phenoxy) is 2. The molecule has 1 aromatic carbocycles. The fourth-order valence-electron chi connectivity index (χ4n) is 1.85. The smallest absolute Gasteiger partial charge is 0.197 e. The molecule has 2 rings (SSSR count). The molecule has 0 amide bonds. The highest BCUT2D eigenvalue weighted by molar-refractivity contribution is 7.74. The molecular formula is C11H13O5S-. The quantitative estimate of drug-likeness (QED) is 0.738. The van der Waals surface area contributed by atoms with E-state index >= 15 is 0 Å². The van der Waals surface area contributed by atoms with Crippen molar-refractivity contribution in [2.24, 2.45) is 0 Å². The Morgan fingerprint density at radius 1 is 1.29 bits per heavy atom. The number of benzene rings is 1. The maximum Gasteiger partial charge on any atom is 0.197 e. The van der Waals surface area contributed by atoms with Gasteiger partial charge in [-0.25, -0.2) is 4.21 Å². The Morgan fingerprint density at radius 2 is 1.94 bits per heavy atom. The van der Waals surface area contributed by atoms with Crippen LogP contribution in [0.4, 0.5) is 0 Å². The second-order valence-electron chi connectivity index (χ2n) is 3.59. The van der Waals surface area contributed by atoms with Crippen LogP contribution >= 0.6 is 0 Å². The minimum Gasteiger partial charge on any atom is -0.750 e. The van der Waals surface area contributed by atoms with E-state index in [1.807, 2.05) is 30.3 Å². The highest BCUT2D eigenvalue weighted by Gasteiger charge is 2.38. The Bertz CT molecular complexity index is 375. The average Bonchev–Trinajstić information content (AvgIpc) is 2.80. The van der Waals surface area contributed by atoms with E-state index in [9.17, 15) is 8.76 Å². The molecule has 0 bridgehead atoms. The van der Waals surface area contributed by atoms with Gasteiger partial charge in [0.1, 0.15) is 0 Å². The zero-order valence-corrected chi connectivity index (χ0v) is 9.98. The minimum absolute atomic E-state index is 0.0327. The molecule has 1 atom stereocenters. The zero-order chi connectivity index (χ0) is 12.1. The van der Waals surface area contributed by atoms with Crippen LogP contribution in [0.15, 0.2) is 30.3 Å². The van der Waals surface area contributed by atoms with Crippen molar-refractivity contribution in [3.63, 3.8) is 0 Å². The van der Waals surface area contributed by atoms with Crippen LogP contribution in [-0.2, 0) is 30.8 Å². The standard InChI is InChI=1S/C11H14O5S/c12-17(13)16-7-6-11(14-8-9-15-11)10-4-2-1-3-5-10/h1-5H,6-9H2,(H,12,13)/p-1. The van der Waals surface area contributed by atoms with Crippen molar-refractivity contribution in [1.82, 2.24) is 0 Å². The first-order chi connectivity index (χ1) is 8.23. The highest BCUT2D eigenvalue weighted by atomic mass is 32.2. The highest BCUT2D eigenvalue weighted by Crippen LogP contribution is 2.34. The van der Waals surface area contributed by atoms with Gasteiger partial charge in [-0.1, -0.05) is 30.3 Å². The van der Waals surface area contributed by atoms with E-state index in [1.165, 1.54) is 0 Å². The fraction of sp³-hybridized carbons (Fsp3) is 0.455. The first-order valence-electron chi connectivity index (χ1n) is 5.29. The van der Waals surface area contributed by atoms with Gasteiger partial charge in [0.05, 0.1) is 31.2 Å². The third-order valence-electron chi connectivity index (χ3n) is 2.58. The summed E-state index contributed by atoms with van der Waals surface area (Å²) in [5.41, 5.74) is 0.873. The Balaban J connectivity index is 2.07. The maximum atomic E-state index is 10.3. The second kappa shape index (κ2) is 5.70. The van der Waals surface area contributed by atoms with E-state index in [-0.39, 0.29) is 6.61 Å². The van der Waals surface area contributed by atoms with Gasteiger partial charge in [-0.05, 0) is 0 Å². The Hall–Kier alpha value is -0.790. The molecule has 1 unspecified atom stereocenters. The van der Waals surface area contributed by atoms with Crippen LogP contribution in [0.1, 0.15) is 12.0 Å². The van der Waals surface area contributed by atoms with Crippen molar-refractivity contribution in [2.45, 2.75) is 12.2 Å². The van der Waals surface area contributed by atoms with Crippen molar-refractivity contribution in [2.75, 3.05) is 19.8 Å². The van der Waals surface area contributed by atoms with Crippen LogP contribution < -0.4 is 0 Å². The average molecular weight is 257 g/mol. The largest absolute Gasteiger partial charge is 0.750 e. The van der Waals surface area contributed by atoms with Gasteiger partial charge in [0.25, 0.3) is 0 Å². The summed E-state index contributed by atoms with van der Waals surface area (Å²) in [6.45, 7) is 1.02. The van der Waals surface area contributed by atoms with E-state index in [0.717, 1.165) is 5.56 Å². The summed E-state index contributed by atoms with van der Waals surface area (Å²) in [4.78, 5) is 0. The molecule has 1 aliphatic rings. The molecule has 94 valence electrons. The summed E-state index contributed by atoms with van der Waals surface area (Å²) in [5, 5.41) is 0. The molecule has 1 aromatic rings. The molecule has 17 heavy (non-hydrogen) atoms. The molecule has 0 radical (unpaired) electrons. The minimum atomic E-state index is -2.50. The molecule has 1 heterocycles. The topological polar surface area (TPSA) is 67.8 Å². The van der Waals surface area contributed by atoms with Crippen LogP contribution in [0.5, 0.6) is 0 Å². The molecule has 0 spiro atoms. The van der Waals surface area contributed by atoms with Crippen LogP contribution in [0.3, 0.4) is 0 Å². The number of rotatable bonds is 5. The van der Waals surface area contributed by atoms with Gasteiger partial charge < -0.3 is 18.2 Å². The lowest BCUT2D eigenvalue weighted by atomic mass is 10.0. The summed E-state index contributed by atoms with van der Waals surface area (Å²) in [7, 11) is 0. The van der Waals surface area contributed by atoms with E-state index in [1.54, 1.807) is 0 Å². The molecule has 1 aliphatic heterocycles. The Labute approximate surface area is 102 Å². The first-order valence-corrected chi connectivity index (χ1v) is 6.29. The van der Waals surface area contributed by atoms with E-state index < -0.39 is 17.1 Å². The summed E-state index contributed by atoms with van der Waals surface area (Å²) in [6.07, 6.45) is 0.338. The van der Waals surface area contributed by atoms with Crippen molar-refractivity contribution >= 4 is 11.4 Å². The molecule has 1 fully saturated rings. The Morgan fingerprint density at radius 3 is 2.53 bits per heavy atom. The lowest BCUT2D eigenvalue weighted by Crippen LogP contribution is -2.29. The molecular weight excluding hydrogens is 244 g/mol. The molecule has 0 aromatic heterocycles. The molecule has 6 heteroatoms. The van der Waals surface area contributed by atoms with Crippen molar-refractivity contribution in [1.29, 1.82) is 0 Å². The van der Waals surface area contributed by atoms with Gasteiger partial charge in [-0.15, -0.1) is 0 Å². The van der Waals surface area contributed by atoms with Crippen molar-refractivity contribution in [3.8, 4) is 0 Å². The third kappa shape index (κ3) is 3.11. The van der Waals surface area contributed by atoms with Gasteiger partial charge in [-0.2, -0.15) is 0 Å². The van der Waals surface area contributed by atoms with Crippen molar-refractivity contribution < 1.29 is 22.4 Å². The Kier molecular flexibility index (Phi) is 4.25. The van der Waals surface area contributed by atoms with Gasteiger partial charge in [0.2, 0.25) is 0 Å². The summed E-state index contributed by atoms with van der Waals surface area (Å²) < 4.78 is 36.3. The molecule has 0 N–H and O–H groups in total. The summed E-state index contributed by atoms with van der Waals surface area (Å²) >= 11 is -2.50. The van der Waals surface area contributed by atoms with Crippen molar-refractivity contribution in [3.05, 3.63) is 35.9 Å². The fourth-order valence-corrected chi connectivity index (χ4v) is 2.07. The first kappa shape index (κ1) is 12.7. The molecule has 0 aliphatic carbocycles. The predicted octanol–water partition coefficient (Wildman–Crippen LogP) is 1.09. The monoisotopic (exact) mass is 257 g/mol. The van der Waals surface area contributed by atoms with Gasteiger partial charge in [0, 0.05) is 12.0 Å². The van der Waals surface area contributed by atoms with E-state index in [4.69, 9.17) is 9.47 Å². The van der Waals surface area contributed by atoms with Crippen LogP contribution in [0.2, 0.25) is 0 Å². The summed E-state index contributed by atoms with van der Waals surface area (Å²) in [5.74, 6) is -0.874. The van der Waals surface area contributed by atoms with Crippen LogP contribution in [0.25, 0.3) is 0 Å². The number of hydrogen-bond donors (Lipinski definition) is 0. The molecule has 1 saturated heterocycles. The third-order valence-corrected chi connectivity index (χ3v) is 2.94. The predicted molar refractivity (Wildman–Crippen MR) is 59.5 cm³/mol. The lowest BCUT2D eigenvalue weighted by Gasteiger charge is -2.27. The zero-order valence-electron chi connectivity index (χ0n) is 9.16. The maximum absolute atomic E-state index is 10.3. The SMILES string of the molecule is O=S([O-])OCCC1(c2ccccc2)OCCO1. The molecule has 0 saturated carbocycles. The van der Waals surface area contributed by atoms with Gasteiger partial charge in [-0.3, -0.25) is 0 Å². The van der Waals surface area contributed by atoms with E-state index in [0.29, 0.717) is 19.6 Å². The molecule has 5 nitrogen and oxygen atoms in total. The van der Waals surface area contributed by atoms with E-state index in [2.05, 4.69) is 4.18 Å².